The summed E-state index contributed by atoms with van der Waals surface area (Å²) >= 11 is 5.68. The van der Waals surface area contributed by atoms with E-state index in [-0.39, 0.29) is 42.7 Å². The lowest BCUT2D eigenvalue weighted by Crippen LogP contribution is -2.46. The molecular formula is C22H49Cl2N11O5Si2. The molecule has 16 nitrogen and oxygen atoms in total. The van der Waals surface area contributed by atoms with Crippen molar-refractivity contribution in [1.82, 2.24) is 29.9 Å². The van der Waals surface area contributed by atoms with Crippen LogP contribution in [0.15, 0.2) is 0 Å². The maximum absolute atomic E-state index is 5.79. The number of halogens is 2. The number of nitrogens with zero attached hydrogens (tertiary/aromatic N) is 6. The van der Waals surface area contributed by atoms with Crippen molar-refractivity contribution in [1.29, 1.82) is 0 Å². The zero-order chi connectivity index (χ0) is 31.3. The van der Waals surface area contributed by atoms with E-state index < -0.39 is 17.4 Å². The molecule has 10 N–H and O–H groups in total. The first-order valence-corrected chi connectivity index (χ1v) is 18.4. The zero-order valence-electron chi connectivity index (χ0n) is 25.5. The summed E-state index contributed by atoms with van der Waals surface area (Å²) in [5.74, 6) is 1.47. The standard InChI is InChI=1S/C12H25N5O3Si.C6H15ClO2Si.C4H8N6.ClH/c1-4-18-21(19-5-2,20-6-3)9-7-8-10-15-11(13)17-12(14)16-10;1-4-8-10(3,6-7)9-5-2;5-1-2-8-3(6)10-4(7)9-2;/h4-9H2,1-3H3,(H4,13,14,15,16,17);4-6H2,1-3H3;1,5H2,(H4,6,7,8,9,10);1H. The van der Waals surface area contributed by atoms with Gasteiger partial charge in [0.1, 0.15) is 11.6 Å². The largest absolute Gasteiger partial charge is 0.500 e. The molecular weight excluding hydrogens is 625 g/mol. The number of hydrogen-bond acceptors (Lipinski definition) is 16. The molecule has 0 unspecified atom stereocenters. The van der Waals surface area contributed by atoms with E-state index in [0.29, 0.717) is 62.7 Å². The number of aromatic nitrogens is 6. The number of rotatable bonds is 16. The van der Waals surface area contributed by atoms with Gasteiger partial charge in [-0.25, -0.2) is 0 Å². The second-order valence-electron chi connectivity index (χ2n) is 8.11. The van der Waals surface area contributed by atoms with Crippen LogP contribution >= 0.6 is 24.0 Å². The van der Waals surface area contributed by atoms with Crippen LogP contribution in [0.3, 0.4) is 0 Å². The van der Waals surface area contributed by atoms with Crippen LogP contribution in [-0.4, -0.2) is 85.8 Å². The Hall–Kier alpha value is -2.01. The smallest absolute Gasteiger partial charge is 0.394 e. The predicted molar refractivity (Wildman–Crippen MR) is 172 cm³/mol. The first kappa shape index (κ1) is 42.1. The molecule has 0 saturated heterocycles. The number of aryl methyl sites for hydroxylation is 1. The number of alkyl halides is 1. The molecule has 0 atom stereocenters. The molecule has 0 aliphatic carbocycles. The van der Waals surface area contributed by atoms with Gasteiger partial charge in [0.15, 0.2) is 0 Å². The molecule has 20 heteroatoms. The zero-order valence-corrected chi connectivity index (χ0v) is 29.0. The van der Waals surface area contributed by atoms with Gasteiger partial charge in [-0.15, -0.1) is 24.0 Å². The lowest BCUT2D eigenvalue weighted by Gasteiger charge is -2.28. The van der Waals surface area contributed by atoms with E-state index in [1.807, 2.05) is 41.2 Å². The molecule has 2 rings (SSSR count). The molecule has 0 saturated carbocycles. The number of nitrogen functional groups attached to an aromatic ring is 4. The van der Waals surface area contributed by atoms with Crippen LogP contribution < -0.4 is 28.7 Å². The van der Waals surface area contributed by atoms with Crippen LogP contribution in [0.25, 0.3) is 0 Å². The lowest BCUT2D eigenvalue weighted by atomic mass is 10.3. The minimum absolute atomic E-state index is 0. The molecule has 0 fully saturated rings. The summed E-state index contributed by atoms with van der Waals surface area (Å²) in [6.07, 6.45) is 1.40. The Bertz CT molecular complexity index is 929. The lowest BCUT2D eigenvalue weighted by molar-refractivity contribution is 0.0708. The third kappa shape index (κ3) is 17.8. The molecule has 42 heavy (non-hydrogen) atoms. The van der Waals surface area contributed by atoms with Gasteiger partial charge < -0.3 is 50.8 Å². The van der Waals surface area contributed by atoms with Crippen LogP contribution in [-0.2, 0) is 35.1 Å². The van der Waals surface area contributed by atoms with Crippen LogP contribution in [0, 0.1) is 0 Å². The number of anilines is 4. The predicted octanol–water partition coefficient (Wildman–Crippen LogP) is 1.84. The summed E-state index contributed by atoms with van der Waals surface area (Å²) in [4.78, 5) is 22.8. The highest BCUT2D eigenvalue weighted by Crippen LogP contribution is 2.19. The van der Waals surface area contributed by atoms with Gasteiger partial charge in [-0.3, -0.25) is 0 Å². The highest BCUT2D eigenvalue weighted by molar-refractivity contribution is 6.73. The van der Waals surface area contributed by atoms with Crippen LogP contribution in [0.4, 0.5) is 23.8 Å². The van der Waals surface area contributed by atoms with Gasteiger partial charge in [0.2, 0.25) is 23.8 Å². The van der Waals surface area contributed by atoms with E-state index in [4.69, 9.17) is 62.4 Å². The van der Waals surface area contributed by atoms with Crippen molar-refractivity contribution in [3.05, 3.63) is 11.6 Å². The third-order valence-corrected chi connectivity index (χ3v) is 11.6. The summed E-state index contributed by atoms with van der Waals surface area (Å²) in [7, 11) is -4.57. The van der Waals surface area contributed by atoms with E-state index in [2.05, 4.69) is 29.9 Å². The van der Waals surface area contributed by atoms with Crippen molar-refractivity contribution in [2.75, 3.05) is 61.5 Å². The van der Waals surface area contributed by atoms with E-state index in [1.165, 1.54) is 0 Å². The van der Waals surface area contributed by atoms with E-state index in [1.54, 1.807) is 0 Å². The maximum atomic E-state index is 5.79. The summed E-state index contributed by atoms with van der Waals surface area (Å²) in [5, 5.41) is 0. The van der Waals surface area contributed by atoms with Gasteiger partial charge in [0.25, 0.3) is 0 Å². The molecule has 0 spiro atoms. The summed E-state index contributed by atoms with van der Waals surface area (Å²) in [5.41, 5.74) is 27.3. The SMILES string of the molecule is CCO[Si](C)(CCl)OCC.CCO[Si](CCCc1nc(N)nc(N)n1)(OCC)OCC.Cl.NCc1nc(N)nc(N)n1. The van der Waals surface area contributed by atoms with E-state index >= 15 is 0 Å². The first-order chi connectivity index (χ1) is 19.4. The second kappa shape index (κ2) is 23.4. The maximum Gasteiger partial charge on any atom is 0.500 e. The Morgan fingerprint density at radius 2 is 0.976 bits per heavy atom. The van der Waals surface area contributed by atoms with Gasteiger partial charge in [0.05, 0.1) is 12.0 Å². The third-order valence-electron chi connectivity index (χ3n) is 4.73. The van der Waals surface area contributed by atoms with Gasteiger partial charge >= 0.3 is 17.4 Å². The number of hydrogen-bond donors (Lipinski definition) is 5. The highest BCUT2D eigenvalue weighted by atomic mass is 35.5. The average molecular weight is 675 g/mol. The van der Waals surface area contributed by atoms with Gasteiger partial charge in [-0.1, -0.05) is 0 Å². The average Bonchev–Trinajstić information content (AvgIpc) is 2.89. The van der Waals surface area contributed by atoms with Crippen molar-refractivity contribution in [2.24, 2.45) is 5.73 Å². The number of nitrogens with two attached hydrogens (primary N) is 5. The van der Waals surface area contributed by atoms with Crippen molar-refractivity contribution in [2.45, 2.75) is 66.6 Å². The van der Waals surface area contributed by atoms with Crippen molar-refractivity contribution < 1.29 is 22.1 Å². The minimum Gasteiger partial charge on any atom is -0.394 e. The minimum atomic E-state index is -2.61. The Morgan fingerprint density at radius 1 is 0.619 bits per heavy atom. The molecule has 2 aromatic heterocycles. The molecule has 244 valence electrons. The fraction of sp³-hybridized carbons (Fsp3) is 0.727. The quantitative estimate of drug-likeness (QED) is 0.126. The fourth-order valence-corrected chi connectivity index (χ4v) is 7.84. The van der Waals surface area contributed by atoms with Crippen molar-refractivity contribution >= 4 is 65.2 Å². The first-order valence-electron chi connectivity index (χ1n) is 13.4. The van der Waals surface area contributed by atoms with Gasteiger partial charge in [-0.05, 0) is 47.6 Å². The van der Waals surface area contributed by atoms with Crippen molar-refractivity contribution in [3.63, 3.8) is 0 Å². The second-order valence-corrected chi connectivity index (χ2v) is 14.8. The summed E-state index contributed by atoms with van der Waals surface area (Å²) < 4.78 is 28.2. The topological polar surface area (TPSA) is 254 Å². The Kier molecular flexibility index (Phi) is 23.5. The molecule has 0 aromatic carbocycles. The molecule has 2 aromatic rings. The van der Waals surface area contributed by atoms with Crippen LogP contribution in [0.1, 0.15) is 52.7 Å². The highest BCUT2D eigenvalue weighted by Gasteiger charge is 2.39. The molecule has 0 aliphatic rings. The summed E-state index contributed by atoms with van der Waals surface area (Å²) in [6.45, 7) is 15.0. The fourth-order valence-electron chi connectivity index (χ4n) is 3.31. The Balaban J connectivity index is 0. The molecule has 0 radical (unpaired) electrons. The normalized spacial score (nSPS) is 11.0. The Labute approximate surface area is 262 Å². The molecule has 0 aliphatic heterocycles. The van der Waals surface area contributed by atoms with Gasteiger partial charge in [-0.2, -0.15) is 29.9 Å². The molecule has 0 amide bonds. The molecule has 0 bridgehead atoms. The Morgan fingerprint density at radius 3 is 1.29 bits per heavy atom. The van der Waals surface area contributed by atoms with Crippen molar-refractivity contribution in [3.8, 4) is 0 Å². The van der Waals surface area contributed by atoms with Crippen LogP contribution in [0.5, 0.6) is 0 Å². The van der Waals surface area contributed by atoms with Crippen LogP contribution in [0.2, 0.25) is 12.6 Å². The summed E-state index contributed by atoms with van der Waals surface area (Å²) in [6, 6.07) is 0.702. The molecule has 2 heterocycles. The van der Waals surface area contributed by atoms with E-state index in [0.717, 1.165) is 6.42 Å². The van der Waals surface area contributed by atoms with Gasteiger partial charge in [0, 0.05) is 45.5 Å². The van der Waals surface area contributed by atoms with E-state index in [9.17, 15) is 0 Å². The monoisotopic (exact) mass is 673 g/mol.